The average Bonchev–Trinajstić information content (AvgIpc) is 3.14. The molecule has 156 valence electrons. The van der Waals surface area contributed by atoms with Crippen molar-refractivity contribution < 1.29 is 9.26 Å². The van der Waals surface area contributed by atoms with Gasteiger partial charge in [0.2, 0.25) is 0 Å². The number of nitrogens with one attached hydrogen (secondary N) is 2. The van der Waals surface area contributed by atoms with Crippen molar-refractivity contribution in [2.75, 3.05) is 20.7 Å². The second kappa shape index (κ2) is 12.6. The largest absolute Gasteiger partial charge is 0.496 e. The van der Waals surface area contributed by atoms with Crippen LogP contribution in [-0.4, -0.2) is 31.8 Å². The van der Waals surface area contributed by atoms with Crippen molar-refractivity contribution in [3.05, 3.63) is 46.8 Å². The summed E-state index contributed by atoms with van der Waals surface area (Å²) in [6.45, 7) is 7.76. The molecule has 0 atom stereocenters. The minimum Gasteiger partial charge on any atom is -0.496 e. The number of hydrogen-bond donors (Lipinski definition) is 2. The lowest BCUT2D eigenvalue weighted by atomic mass is 9.99. The summed E-state index contributed by atoms with van der Waals surface area (Å²) >= 11 is 0. The Morgan fingerprint density at radius 3 is 2.61 bits per heavy atom. The summed E-state index contributed by atoms with van der Waals surface area (Å²) in [6, 6.07) is 8.27. The molecule has 0 spiro atoms. The number of guanidine groups is 1. The second-order valence-corrected chi connectivity index (χ2v) is 6.65. The highest BCUT2D eigenvalue weighted by Gasteiger charge is 2.13. The minimum atomic E-state index is 0. The van der Waals surface area contributed by atoms with Crippen molar-refractivity contribution in [3.8, 4) is 5.75 Å². The molecule has 6 nitrogen and oxygen atoms in total. The predicted molar refractivity (Wildman–Crippen MR) is 125 cm³/mol. The van der Waals surface area contributed by atoms with Gasteiger partial charge >= 0.3 is 0 Å². The summed E-state index contributed by atoms with van der Waals surface area (Å²) in [5.74, 6) is 2.94. The molecule has 0 bridgehead atoms. The van der Waals surface area contributed by atoms with Crippen LogP contribution in [0, 0.1) is 6.92 Å². The van der Waals surface area contributed by atoms with E-state index in [4.69, 9.17) is 9.26 Å². The third kappa shape index (κ3) is 7.00. The van der Waals surface area contributed by atoms with Crippen LogP contribution in [0.5, 0.6) is 5.75 Å². The maximum absolute atomic E-state index is 5.45. The SMILES string of the molecule is CCC(CC)c1cc(CNC(=NC)NCCc2cc(C)ccc2OC)on1.I. The van der Waals surface area contributed by atoms with Crippen molar-refractivity contribution in [3.63, 3.8) is 0 Å². The molecule has 0 amide bonds. The third-order valence-corrected chi connectivity index (χ3v) is 4.76. The first-order valence-corrected chi connectivity index (χ1v) is 9.64. The van der Waals surface area contributed by atoms with Gasteiger partial charge in [-0.25, -0.2) is 0 Å². The van der Waals surface area contributed by atoms with E-state index in [0.717, 1.165) is 49.0 Å². The van der Waals surface area contributed by atoms with E-state index in [1.807, 2.05) is 12.1 Å². The van der Waals surface area contributed by atoms with Crippen molar-refractivity contribution in [2.45, 2.75) is 52.5 Å². The monoisotopic (exact) mass is 500 g/mol. The molecule has 7 heteroatoms. The lowest BCUT2D eigenvalue weighted by Crippen LogP contribution is -2.37. The molecule has 1 aromatic carbocycles. The number of ether oxygens (including phenoxy) is 1. The molecule has 2 rings (SSSR count). The number of methoxy groups -OCH3 is 1. The van der Waals surface area contributed by atoms with Crippen molar-refractivity contribution >= 4 is 29.9 Å². The normalized spacial score (nSPS) is 11.3. The Bertz CT molecular complexity index is 742. The molecule has 2 N–H and O–H groups in total. The van der Waals surface area contributed by atoms with Gasteiger partial charge in [0.1, 0.15) is 5.75 Å². The first kappa shape index (κ1) is 24.3. The van der Waals surface area contributed by atoms with Crippen molar-refractivity contribution in [2.24, 2.45) is 4.99 Å². The molecular formula is C21H33IN4O2. The maximum Gasteiger partial charge on any atom is 0.191 e. The molecule has 0 unspecified atom stereocenters. The zero-order valence-electron chi connectivity index (χ0n) is 17.5. The molecular weight excluding hydrogens is 467 g/mol. The Morgan fingerprint density at radius 1 is 1.21 bits per heavy atom. The van der Waals surface area contributed by atoms with Crippen LogP contribution in [0.3, 0.4) is 0 Å². The molecule has 1 heterocycles. The average molecular weight is 500 g/mol. The van der Waals surface area contributed by atoms with E-state index in [2.05, 4.69) is 53.7 Å². The molecule has 0 fully saturated rings. The van der Waals surface area contributed by atoms with Crippen LogP contribution in [-0.2, 0) is 13.0 Å². The van der Waals surface area contributed by atoms with Gasteiger partial charge in [-0.1, -0.05) is 36.7 Å². The molecule has 0 aliphatic heterocycles. The van der Waals surface area contributed by atoms with Crippen LogP contribution in [0.15, 0.2) is 33.8 Å². The number of halogens is 1. The van der Waals surface area contributed by atoms with E-state index in [-0.39, 0.29) is 24.0 Å². The highest BCUT2D eigenvalue weighted by Crippen LogP contribution is 2.22. The Kier molecular flexibility index (Phi) is 11.0. The summed E-state index contributed by atoms with van der Waals surface area (Å²) in [5.41, 5.74) is 3.45. The van der Waals surface area contributed by atoms with Crippen molar-refractivity contribution in [1.29, 1.82) is 0 Å². The predicted octanol–water partition coefficient (Wildman–Crippen LogP) is 4.42. The van der Waals surface area contributed by atoms with E-state index >= 15 is 0 Å². The fraction of sp³-hybridized carbons (Fsp3) is 0.524. The number of rotatable bonds is 9. The highest BCUT2D eigenvalue weighted by molar-refractivity contribution is 14.0. The molecule has 0 aliphatic carbocycles. The van der Waals surface area contributed by atoms with Gasteiger partial charge < -0.3 is 19.9 Å². The topological polar surface area (TPSA) is 71.7 Å². The summed E-state index contributed by atoms with van der Waals surface area (Å²) in [4.78, 5) is 4.27. The molecule has 0 radical (unpaired) electrons. The van der Waals surface area contributed by atoms with E-state index in [9.17, 15) is 0 Å². The molecule has 0 saturated heterocycles. The van der Waals surface area contributed by atoms with E-state index in [0.29, 0.717) is 12.5 Å². The Hall–Kier alpha value is -1.77. The molecule has 0 aliphatic rings. The minimum absolute atomic E-state index is 0. The van der Waals surface area contributed by atoms with Gasteiger partial charge in [-0.05, 0) is 37.8 Å². The van der Waals surface area contributed by atoms with Crippen LogP contribution in [0.1, 0.15) is 55.2 Å². The maximum atomic E-state index is 5.45. The van der Waals surface area contributed by atoms with Gasteiger partial charge in [-0.3, -0.25) is 4.99 Å². The quantitative estimate of drug-likeness (QED) is 0.303. The standard InChI is InChI=1S/C21H32N4O2.HI/c1-6-16(7-2)19-13-18(27-25-19)14-24-21(22-4)23-11-10-17-12-15(3)8-9-20(17)26-5;/h8-9,12-13,16H,6-7,10-11,14H2,1-5H3,(H2,22,23,24);1H. The lowest BCUT2D eigenvalue weighted by molar-refractivity contribution is 0.368. The van der Waals surface area contributed by atoms with Crippen LogP contribution in [0.25, 0.3) is 0 Å². The number of aryl methyl sites for hydroxylation is 1. The molecule has 1 aromatic heterocycles. The van der Waals surface area contributed by atoms with Crippen LogP contribution < -0.4 is 15.4 Å². The zero-order valence-corrected chi connectivity index (χ0v) is 19.9. The third-order valence-electron chi connectivity index (χ3n) is 4.76. The fourth-order valence-electron chi connectivity index (χ4n) is 3.12. The number of nitrogens with zero attached hydrogens (tertiary/aromatic N) is 2. The Balaban J connectivity index is 0.00000392. The number of benzene rings is 1. The molecule has 2 aromatic rings. The van der Waals surface area contributed by atoms with E-state index in [1.54, 1.807) is 14.2 Å². The smallest absolute Gasteiger partial charge is 0.191 e. The van der Waals surface area contributed by atoms with Crippen molar-refractivity contribution in [1.82, 2.24) is 15.8 Å². The van der Waals surface area contributed by atoms with Gasteiger partial charge in [0, 0.05) is 25.6 Å². The summed E-state index contributed by atoms with van der Waals surface area (Å²) in [6.07, 6.45) is 3.00. The van der Waals surface area contributed by atoms with Crippen LogP contribution >= 0.6 is 24.0 Å². The van der Waals surface area contributed by atoms with Gasteiger partial charge in [0.15, 0.2) is 11.7 Å². The summed E-state index contributed by atoms with van der Waals surface area (Å²) in [5, 5.41) is 10.8. The second-order valence-electron chi connectivity index (χ2n) is 6.65. The van der Waals surface area contributed by atoms with Gasteiger partial charge in [0.25, 0.3) is 0 Å². The molecule has 0 saturated carbocycles. The van der Waals surface area contributed by atoms with E-state index in [1.165, 1.54) is 11.1 Å². The molecule has 28 heavy (non-hydrogen) atoms. The first-order valence-electron chi connectivity index (χ1n) is 9.64. The fourth-order valence-corrected chi connectivity index (χ4v) is 3.12. The Morgan fingerprint density at radius 2 is 1.96 bits per heavy atom. The lowest BCUT2D eigenvalue weighted by Gasteiger charge is -2.13. The van der Waals surface area contributed by atoms with Crippen LogP contribution in [0.4, 0.5) is 0 Å². The number of hydrogen-bond acceptors (Lipinski definition) is 4. The zero-order chi connectivity index (χ0) is 19.6. The first-order chi connectivity index (χ1) is 13.1. The Labute approximate surface area is 185 Å². The van der Waals surface area contributed by atoms with Gasteiger partial charge in [-0.2, -0.15) is 0 Å². The number of aromatic nitrogens is 1. The highest BCUT2D eigenvalue weighted by atomic mass is 127. The number of aliphatic imine (C=N–C) groups is 1. The van der Waals surface area contributed by atoms with Gasteiger partial charge in [-0.15, -0.1) is 24.0 Å². The summed E-state index contributed by atoms with van der Waals surface area (Å²) < 4.78 is 10.9. The van der Waals surface area contributed by atoms with Crippen LogP contribution in [0.2, 0.25) is 0 Å². The van der Waals surface area contributed by atoms with Gasteiger partial charge in [0.05, 0.1) is 19.3 Å². The summed E-state index contributed by atoms with van der Waals surface area (Å²) in [7, 11) is 3.47. The van der Waals surface area contributed by atoms with E-state index < -0.39 is 0 Å².